The Labute approximate surface area is 128 Å². The van der Waals surface area contributed by atoms with Gasteiger partial charge in [0.05, 0.1) is 19.4 Å². The Kier molecular flexibility index (Phi) is 7.24. The number of aromatic hydroxyl groups is 1. The van der Waals surface area contributed by atoms with E-state index in [9.17, 15) is 9.90 Å². The molecule has 0 bridgehead atoms. The van der Waals surface area contributed by atoms with Crippen LogP contribution in [0.3, 0.4) is 0 Å². The molecule has 0 heterocycles. The van der Waals surface area contributed by atoms with Crippen LogP contribution in [0, 0.1) is 0 Å². The minimum absolute atomic E-state index is 0.0163. The second-order valence-electron chi connectivity index (χ2n) is 4.25. The van der Waals surface area contributed by atoms with E-state index in [1.54, 1.807) is 19.1 Å². The summed E-state index contributed by atoms with van der Waals surface area (Å²) in [6, 6.07) is 4.73. The molecule has 8 heteroatoms. The lowest BCUT2D eigenvalue weighted by Crippen LogP contribution is -2.21. The Morgan fingerprint density at radius 2 is 2.18 bits per heavy atom. The van der Waals surface area contributed by atoms with Crippen LogP contribution in [0.2, 0.25) is 0 Å². The second-order valence-corrected chi connectivity index (χ2v) is 4.25. The number of carbonyl (C=O) groups excluding carboxylic acids is 1. The monoisotopic (exact) mass is 308 g/mol. The van der Waals surface area contributed by atoms with Crippen LogP contribution in [-0.2, 0) is 9.53 Å². The highest BCUT2D eigenvalue weighted by molar-refractivity contribution is 5.84. The van der Waals surface area contributed by atoms with E-state index in [4.69, 9.17) is 20.9 Å². The maximum atomic E-state index is 11.1. The van der Waals surface area contributed by atoms with Gasteiger partial charge in [0.25, 0.3) is 0 Å². The molecule has 1 aromatic rings. The molecule has 8 nitrogen and oxygen atoms in total. The first-order valence-corrected chi connectivity index (χ1v) is 6.76. The average molecular weight is 308 g/mol. The topological polar surface area (TPSA) is 133 Å². The van der Waals surface area contributed by atoms with Gasteiger partial charge in [0.15, 0.2) is 0 Å². The molecule has 1 rings (SSSR count). The fraction of sp³-hybridized carbons (Fsp3) is 0.357. The summed E-state index contributed by atoms with van der Waals surface area (Å²) >= 11 is 0. The quantitative estimate of drug-likeness (QED) is 0.213. The van der Waals surface area contributed by atoms with Crippen molar-refractivity contribution in [3.05, 3.63) is 23.8 Å². The van der Waals surface area contributed by atoms with Crippen LogP contribution in [0.1, 0.15) is 25.3 Å². The molecule has 0 saturated heterocycles. The third-order valence-electron chi connectivity index (χ3n) is 2.47. The Morgan fingerprint density at radius 1 is 1.41 bits per heavy atom. The summed E-state index contributed by atoms with van der Waals surface area (Å²) in [6.45, 7) is 2.48. The summed E-state index contributed by atoms with van der Waals surface area (Å²) in [5.41, 5.74) is 10.7. The molecule has 0 radical (unpaired) electrons. The van der Waals surface area contributed by atoms with Gasteiger partial charge in [-0.1, -0.05) is 0 Å². The van der Waals surface area contributed by atoms with Crippen LogP contribution in [0.25, 0.3) is 0 Å². The summed E-state index contributed by atoms with van der Waals surface area (Å²) in [6.07, 6.45) is 2.15. The van der Waals surface area contributed by atoms with Crippen LogP contribution in [0.4, 0.5) is 0 Å². The van der Waals surface area contributed by atoms with Gasteiger partial charge < -0.3 is 26.0 Å². The molecular weight excluding hydrogens is 288 g/mol. The van der Waals surface area contributed by atoms with E-state index in [0.29, 0.717) is 37.4 Å². The molecule has 0 fully saturated rings. The fourth-order valence-corrected chi connectivity index (χ4v) is 1.52. The minimum Gasteiger partial charge on any atom is -0.507 e. The van der Waals surface area contributed by atoms with Crippen molar-refractivity contribution >= 4 is 18.1 Å². The average Bonchev–Trinajstić information content (AvgIpc) is 2.46. The predicted molar refractivity (Wildman–Crippen MR) is 82.9 cm³/mol. The van der Waals surface area contributed by atoms with Crippen molar-refractivity contribution in [3.8, 4) is 11.5 Å². The Balaban J connectivity index is 2.47. The van der Waals surface area contributed by atoms with E-state index in [1.807, 2.05) is 0 Å². The first kappa shape index (κ1) is 17.3. The molecule has 0 unspecified atom stereocenters. The number of carbonyl (C=O) groups is 1. The fourth-order valence-electron chi connectivity index (χ4n) is 1.52. The van der Waals surface area contributed by atoms with Crippen molar-refractivity contribution in [1.29, 1.82) is 0 Å². The molecule has 0 saturated carbocycles. The Hall–Kier alpha value is -2.77. The predicted octanol–water partition coefficient (Wildman–Crippen LogP) is 0.722. The van der Waals surface area contributed by atoms with Crippen LogP contribution in [-0.4, -0.2) is 36.5 Å². The molecule has 0 aliphatic heterocycles. The molecule has 22 heavy (non-hydrogen) atoms. The van der Waals surface area contributed by atoms with Crippen LogP contribution in [0.15, 0.2) is 28.4 Å². The van der Waals surface area contributed by atoms with Gasteiger partial charge in [-0.25, -0.2) is 0 Å². The number of benzene rings is 1. The lowest BCUT2D eigenvalue weighted by molar-refractivity contribution is -0.143. The summed E-state index contributed by atoms with van der Waals surface area (Å²) in [5, 5.41) is 16.9. The number of hydrogen-bond donors (Lipinski definition) is 3. The summed E-state index contributed by atoms with van der Waals surface area (Å²) in [5.74, 6) is 0.0512. The maximum Gasteiger partial charge on any atom is 0.305 e. The first-order valence-electron chi connectivity index (χ1n) is 6.76. The van der Waals surface area contributed by atoms with Crippen LogP contribution in [0.5, 0.6) is 11.5 Å². The Morgan fingerprint density at radius 3 is 2.82 bits per heavy atom. The van der Waals surface area contributed by atoms with Gasteiger partial charge in [-0.05, 0) is 25.5 Å². The zero-order valence-electron chi connectivity index (χ0n) is 12.4. The lowest BCUT2D eigenvalue weighted by Gasteiger charge is -2.07. The molecular formula is C14H20N4O4. The van der Waals surface area contributed by atoms with E-state index < -0.39 is 0 Å². The van der Waals surface area contributed by atoms with E-state index in [0.717, 1.165) is 0 Å². The summed E-state index contributed by atoms with van der Waals surface area (Å²) < 4.78 is 10.2. The van der Waals surface area contributed by atoms with Crippen molar-refractivity contribution in [3.63, 3.8) is 0 Å². The molecule has 0 aliphatic carbocycles. The zero-order chi connectivity index (χ0) is 16.4. The third-order valence-corrected chi connectivity index (χ3v) is 2.47. The van der Waals surface area contributed by atoms with Crippen LogP contribution < -0.4 is 16.2 Å². The highest BCUT2D eigenvalue weighted by Gasteiger charge is 2.04. The van der Waals surface area contributed by atoms with Gasteiger partial charge in [0.2, 0.25) is 5.96 Å². The van der Waals surface area contributed by atoms with Crippen molar-refractivity contribution in [2.24, 2.45) is 21.7 Å². The zero-order valence-corrected chi connectivity index (χ0v) is 12.4. The van der Waals surface area contributed by atoms with Crippen LogP contribution >= 0.6 is 0 Å². The third kappa shape index (κ3) is 6.60. The largest absolute Gasteiger partial charge is 0.507 e. The van der Waals surface area contributed by atoms with Gasteiger partial charge >= 0.3 is 5.97 Å². The van der Waals surface area contributed by atoms with Crippen molar-refractivity contribution in [2.75, 3.05) is 13.2 Å². The number of phenolic OH excluding ortho intramolecular Hbond substituents is 1. The molecule has 1 aromatic carbocycles. The number of hydrogen-bond acceptors (Lipinski definition) is 6. The van der Waals surface area contributed by atoms with Gasteiger partial charge in [-0.3, -0.25) is 4.79 Å². The summed E-state index contributed by atoms with van der Waals surface area (Å²) in [4.78, 5) is 11.1. The molecule has 0 amide bonds. The number of nitrogens with zero attached hydrogens (tertiary/aromatic N) is 2. The van der Waals surface area contributed by atoms with E-state index >= 15 is 0 Å². The van der Waals surface area contributed by atoms with Gasteiger partial charge in [0, 0.05) is 18.1 Å². The summed E-state index contributed by atoms with van der Waals surface area (Å²) in [7, 11) is 0. The molecule has 5 N–H and O–H groups in total. The smallest absolute Gasteiger partial charge is 0.305 e. The number of guanidine groups is 1. The minimum atomic E-state index is -0.250. The number of nitrogens with two attached hydrogens (primary N) is 2. The van der Waals surface area contributed by atoms with Gasteiger partial charge in [0.1, 0.15) is 11.5 Å². The number of esters is 1. The highest BCUT2D eigenvalue weighted by atomic mass is 16.5. The molecule has 0 aliphatic rings. The van der Waals surface area contributed by atoms with Gasteiger partial charge in [-0.2, -0.15) is 5.10 Å². The number of ether oxygens (including phenoxy) is 2. The van der Waals surface area contributed by atoms with Gasteiger partial charge in [-0.15, -0.1) is 5.10 Å². The standard InChI is InChI=1S/C14H20N4O4/c1-2-21-13(20)4-3-7-22-11-6-5-10(12(19)8-11)9-17-18-14(15)16/h5-6,8-9,19H,2-4,7H2,1H3,(H4,15,16,18). The van der Waals surface area contributed by atoms with E-state index in [-0.39, 0.29) is 17.7 Å². The maximum absolute atomic E-state index is 11.1. The lowest BCUT2D eigenvalue weighted by atomic mass is 10.2. The molecule has 0 atom stereocenters. The van der Waals surface area contributed by atoms with E-state index in [1.165, 1.54) is 12.3 Å². The second kappa shape index (κ2) is 9.22. The molecule has 0 spiro atoms. The number of phenols is 1. The molecule has 0 aromatic heterocycles. The van der Waals surface area contributed by atoms with Crippen molar-refractivity contribution in [1.82, 2.24) is 0 Å². The Bertz CT molecular complexity index is 554. The van der Waals surface area contributed by atoms with Crippen molar-refractivity contribution < 1.29 is 19.4 Å². The first-order chi connectivity index (χ1) is 10.5. The SMILES string of the molecule is CCOC(=O)CCCOc1ccc(C=NN=C(N)N)c(O)c1. The highest BCUT2D eigenvalue weighted by Crippen LogP contribution is 2.22. The molecule has 120 valence electrons. The van der Waals surface area contributed by atoms with Crippen molar-refractivity contribution in [2.45, 2.75) is 19.8 Å². The van der Waals surface area contributed by atoms with E-state index in [2.05, 4.69) is 10.2 Å². The number of rotatable bonds is 8. The normalized spacial score (nSPS) is 10.4.